The van der Waals surface area contributed by atoms with Crippen molar-refractivity contribution in [2.45, 2.75) is 12.2 Å². The van der Waals surface area contributed by atoms with Crippen LogP contribution in [-0.2, 0) is 9.53 Å². The number of hydrogen-bond acceptors (Lipinski definition) is 8. The molecule has 0 spiro atoms. The van der Waals surface area contributed by atoms with Crippen LogP contribution in [0, 0.1) is 11.3 Å². The lowest BCUT2D eigenvalue weighted by Crippen LogP contribution is -2.22. The van der Waals surface area contributed by atoms with Crippen molar-refractivity contribution in [3.63, 3.8) is 0 Å². The van der Waals surface area contributed by atoms with Crippen LogP contribution in [0.25, 0.3) is 6.08 Å². The van der Waals surface area contributed by atoms with Gasteiger partial charge in [0.15, 0.2) is 0 Å². The van der Waals surface area contributed by atoms with E-state index in [-0.39, 0.29) is 12.2 Å². The molecule has 4 N–H and O–H groups in total. The van der Waals surface area contributed by atoms with Crippen LogP contribution in [0.2, 0.25) is 0 Å². The molecule has 0 saturated heterocycles. The second-order valence-corrected chi connectivity index (χ2v) is 4.82. The van der Waals surface area contributed by atoms with Crippen molar-refractivity contribution in [3.05, 3.63) is 35.4 Å². The SMILES string of the molecule is N#CC(=Cc1ccc(OCC(O)CO)cc1)C(=O)OCC(O)CO. The summed E-state index contributed by atoms with van der Waals surface area (Å²) < 4.78 is 9.94. The second-order valence-electron chi connectivity index (χ2n) is 4.82. The van der Waals surface area contributed by atoms with E-state index in [0.717, 1.165) is 0 Å². The van der Waals surface area contributed by atoms with Gasteiger partial charge in [-0.15, -0.1) is 0 Å². The first-order valence-electron chi connectivity index (χ1n) is 7.09. The van der Waals surface area contributed by atoms with Crippen LogP contribution in [0.1, 0.15) is 5.56 Å². The molecule has 0 aliphatic heterocycles. The Balaban J connectivity index is 2.68. The molecular formula is C16H19NO7. The Morgan fingerprint density at radius 1 is 1.12 bits per heavy atom. The van der Waals surface area contributed by atoms with Crippen LogP contribution >= 0.6 is 0 Å². The number of benzene rings is 1. The van der Waals surface area contributed by atoms with Gasteiger partial charge in [-0.2, -0.15) is 5.26 Å². The largest absolute Gasteiger partial charge is 0.491 e. The fourth-order valence-corrected chi connectivity index (χ4v) is 1.51. The number of ether oxygens (including phenoxy) is 2. The van der Waals surface area contributed by atoms with Crippen molar-refractivity contribution in [1.29, 1.82) is 5.26 Å². The van der Waals surface area contributed by atoms with Gasteiger partial charge >= 0.3 is 5.97 Å². The van der Waals surface area contributed by atoms with E-state index in [2.05, 4.69) is 0 Å². The van der Waals surface area contributed by atoms with E-state index in [9.17, 15) is 9.90 Å². The van der Waals surface area contributed by atoms with Crippen molar-refractivity contribution < 1.29 is 34.7 Å². The number of aliphatic hydroxyl groups excluding tert-OH is 4. The van der Waals surface area contributed by atoms with Crippen LogP contribution < -0.4 is 4.74 Å². The topological polar surface area (TPSA) is 140 Å². The van der Waals surface area contributed by atoms with Gasteiger partial charge in [-0.1, -0.05) is 12.1 Å². The Morgan fingerprint density at radius 3 is 2.25 bits per heavy atom. The monoisotopic (exact) mass is 337 g/mol. The zero-order valence-corrected chi connectivity index (χ0v) is 12.8. The van der Waals surface area contributed by atoms with Crippen LogP contribution in [0.3, 0.4) is 0 Å². The number of rotatable bonds is 9. The molecule has 0 aliphatic carbocycles. The minimum Gasteiger partial charge on any atom is -0.491 e. The fraction of sp³-hybridized carbons (Fsp3) is 0.375. The molecule has 2 unspecified atom stereocenters. The second kappa shape index (κ2) is 10.4. The van der Waals surface area contributed by atoms with Gasteiger partial charge < -0.3 is 29.9 Å². The highest BCUT2D eigenvalue weighted by molar-refractivity contribution is 5.97. The van der Waals surface area contributed by atoms with Crippen molar-refractivity contribution in [2.24, 2.45) is 0 Å². The maximum Gasteiger partial charge on any atom is 0.348 e. The maximum atomic E-state index is 11.7. The van der Waals surface area contributed by atoms with Crippen LogP contribution in [0.15, 0.2) is 29.8 Å². The standard InChI is InChI=1S/C16H19NO7/c17-6-12(16(22)24-10-14(21)8-19)5-11-1-3-15(4-2-11)23-9-13(20)7-18/h1-5,13-14,18-21H,7-10H2. The number of nitriles is 1. The highest BCUT2D eigenvalue weighted by Crippen LogP contribution is 2.15. The summed E-state index contributed by atoms with van der Waals surface area (Å²) in [5.74, 6) is -0.455. The molecule has 1 aromatic carbocycles. The summed E-state index contributed by atoms with van der Waals surface area (Å²) in [5, 5.41) is 44.6. The molecule has 1 rings (SSSR count). The molecule has 2 atom stereocenters. The number of nitrogens with zero attached hydrogens (tertiary/aromatic N) is 1. The fourth-order valence-electron chi connectivity index (χ4n) is 1.51. The minimum atomic E-state index is -1.19. The molecule has 0 amide bonds. The number of aliphatic hydroxyl groups is 4. The van der Waals surface area contributed by atoms with E-state index in [0.29, 0.717) is 11.3 Å². The smallest absolute Gasteiger partial charge is 0.348 e. The van der Waals surface area contributed by atoms with Gasteiger partial charge in [0, 0.05) is 0 Å². The summed E-state index contributed by atoms with van der Waals surface area (Å²) >= 11 is 0. The van der Waals surface area contributed by atoms with Gasteiger partial charge in [-0.05, 0) is 23.8 Å². The first-order valence-corrected chi connectivity index (χ1v) is 7.09. The molecule has 130 valence electrons. The first-order chi connectivity index (χ1) is 11.5. The third-order valence-electron chi connectivity index (χ3n) is 2.80. The Hall–Kier alpha value is -2.44. The zero-order valence-electron chi connectivity index (χ0n) is 12.8. The highest BCUT2D eigenvalue weighted by Gasteiger charge is 2.13. The van der Waals surface area contributed by atoms with Gasteiger partial charge in [0.1, 0.15) is 42.8 Å². The molecule has 0 aliphatic rings. The normalized spacial score (nSPS) is 13.7. The number of hydrogen-bond donors (Lipinski definition) is 4. The Kier molecular flexibility index (Phi) is 8.46. The van der Waals surface area contributed by atoms with Crippen molar-refractivity contribution >= 4 is 12.0 Å². The van der Waals surface area contributed by atoms with E-state index in [1.165, 1.54) is 6.08 Å². The molecule has 0 bridgehead atoms. The average molecular weight is 337 g/mol. The predicted molar refractivity (Wildman–Crippen MR) is 82.7 cm³/mol. The third kappa shape index (κ3) is 6.76. The van der Waals surface area contributed by atoms with Crippen LogP contribution in [0.4, 0.5) is 0 Å². The Labute approximate surface area is 138 Å². The zero-order chi connectivity index (χ0) is 17.9. The molecule has 24 heavy (non-hydrogen) atoms. The Morgan fingerprint density at radius 2 is 1.71 bits per heavy atom. The van der Waals surface area contributed by atoms with Crippen LogP contribution in [0.5, 0.6) is 5.75 Å². The van der Waals surface area contributed by atoms with E-state index in [1.54, 1.807) is 30.3 Å². The van der Waals surface area contributed by atoms with E-state index in [4.69, 9.17) is 30.1 Å². The molecule has 8 nitrogen and oxygen atoms in total. The van der Waals surface area contributed by atoms with Gasteiger partial charge in [0.25, 0.3) is 0 Å². The van der Waals surface area contributed by atoms with Gasteiger partial charge in [0.2, 0.25) is 0 Å². The van der Waals surface area contributed by atoms with Crippen LogP contribution in [-0.4, -0.2) is 65.0 Å². The summed E-state index contributed by atoms with van der Waals surface area (Å²) in [4.78, 5) is 11.7. The van der Waals surface area contributed by atoms with Gasteiger partial charge in [-0.3, -0.25) is 0 Å². The maximum absolute atomic E-state index is 11.7. The summed E-state index contributed by atoms with van der Waals surface area (Å²) in [7, 11) is 0. The lowest BCUT2D eigenvalue weighted by molar-refractivity contribution is -0.142. The molecule has 0 fully saturated rings. The molecule has 1 aromatic rings. The lowest BCUT2D eigenvalue weighted by Gasteiger charge is -2.10. The summed E-state index contributed by atoms with van der Waals surface area (Å²) in [6.45, 7) is -1.42. The summed E-state index contributed by atoms with van der Waals surface area (Å²) in [6, 6.07) is 8.04. The number of carbonyl (C=O) groups excluding carboxylic acids is 1. The molecule has 8 heteroatoms. The van der Waals surface area contributed by atoms with Gasteiger partial charge in [0.05, 0.1) is 13.2 Å². The van der Waals surface area contributed by atoms with E-state index < -0.39 is 38.0 Å². The minimum absolute atomic E-state index is 0.0609. The summed E-state index contributed by atoms with van der Waals surface area (Å²) in [6.07, 6.45) is -0.863. The van der Waals surface area contributed by atoms with Crippen molar-refractivity contribution in [2.75, 3.05) is 26.4 Å². The molecule has 0 aromatic heterocycles. The quantitative estimate of drug-likeness (QED) is 0.261. The Bertz CT molecular complexity index is 591. The van der Waals surface area contributed by atoms with E-state index >= 15 is 0 Å². The highest BCUT2D eigenvalue weighted by atomic mass is 16.5. The first kappa shape index (κ1) is 19.6. The lowest BCUT2D eigenvalue weighted by atomic mass is 10.1. The molecular weight excluding hydrogens is 318 g/mol. The van der Waals surface area contributed by atoms with Crippen molar-refractivity contribution in [1.82, 2.24) is 0 Å². The van der Waals surface area contributed by atoms with E-state index in [1.807, 2.05) is 0 Å². The summed E-state index contributed by atoms with van der Waals surface area (Å²) in [5.41, 5.74) is 0.283. The molecule has 0 radical (unpaired) electrons. The third-order valence-corrected chi connectivity index (χ3v) is 2.80. The average Bonchev–Trinajstić information content (AvgIpc) is 2.62. The van der Waals surface area contributed by atoms with Gasteiger partial charge in [-0.25, -0.2) is 4.79 Å². The van der Waals surface area contributed by atoms with Crippen molar-refractivity contribution in [3.8, 4) is 11.8 Å². The molecule has 0 heterocycles. The predicted octanol–water partition coefficient (Wildman–Crippen LogP) is -0.778. The number of carbonyl (C=O) groups is 1. The number of esters is 1. The molecule has 0 saturated carbocycles.